The summed E-state index contributed by atoms with van der Waals surface area (Å²) in [6, 6.07) is 4.03. The molecular weight excluding hydrogens is 238 g/mol. The van der Waals surface area contributed by atoms with Gasteiger partial charge in [-0.3, -0.25) is 9.78 Å². The Hall–Kier alpha value is -1.42. The van der Waals surface area contributed by atoms with Gasteiger partial charge < -0.3 is 10.6 Å². The van der Waals surface area contributed by atoms with E-state index in [0.29, 0.717) is 0 Å². The summed E-state index contributed by atoms with van der Waals surface area (Å²) in [6.45, 7) is 0.742. The van der Waals surface area contributed by atoms with Gasteiger partial charge in [-0.15, -0.1) is 0 Å². The molecule has 2 N–H and O–H groups in total. The van der Waals surface area contributed by atoms with Crippen molar-refractivity contribution in [2.45, 2.75) is 38.1 Å². The van der Waals surface area contributed by atoms with Crippen LogP contribution in [0.3, 0.4) is 0 Å². The van der Waals surface area contributed by atoms with E-state index in [-0.39, 0.29) is 17.9 Å². The molecule has 0 spiro atoms. The van der Waals surface area contributed by atoms with Crippen LogP contribution in [0.1, 0.15) is 31.2 Å². The SMILES string of the molecule is CN(CCc1ccncc1)C(=O)C1CCCCC1N. The Morgan fingerprint density at radius 3 is 2.74 bits per heavy atom. The van der Waals surface area contributed by atoms with Crippen LogP contribution < -0.4 is 5.73 Å². The maximum Gasteiger partial charge on any atom is 0.226 e. The smallest absolute Gasteiger partial charge is 0.226 e. The highest BCUT2D eigenvalue weighted by molar-refractivity contribution is 5.79. The van der Waals surface area contributed by atoms with Crippen molar-refractivity contribution in [2.75, 3.05) is 13.6 Å². The van der Waals surface area contributed by atoms with Gasteiger partial charge in [0.15, 0.2) is 0 Å². The number of carbonyl (C=O) groups excluding carboxylic acids is 1. The van der Waals surface area contributed by atoms with Crippen LogP contribution in [0.4, 0.5) is 0 Å². The average molecular weight is 261 g/mol. The predicted octanol–water partition coefficient (Wildman–Crippen LogP) is 1.60. The fourth-order valence-electron chi connectivity index (χ4n) is 2.71. The van der Waals surface area contributed by atoms with Crippen LogP contribution in [0.25, 0.3) is 0 Å². The van der Waals surface area contributed by atoms with E-state index in [9.17, 15) is 4.79 Å². The normalized spacial score (nSPS) is 23.1. The molecule has 4 nitrogen and oxygen atoms in total. The van der Waals surface area contributed by atoms with Crippen LogP contribution >= 0.6 is 0 Å². The van der Waals surface area contributed by atoms with E-state index in [0.717, 1.165) is 38.6 Å². The first kappa shape index (κ1) is 14.0. The Balaban J connectivity index is 1.85. The molecule has 1 fully saturated rings. The lowest BCUT2D eigenvalue weighted by Crippen LogP contribution is -2.44. The van der Waals surface area contributed by atoms with Crippen molar-refractivity contribution in [3.8, 4) is 0 Å². The molecule has 104 valence electrons. The molecule has 1 aromatic rings. The van der Waals surface area contributed by atoms with Gasteiger partial charge in [0, 0.05) is 32.0 Å². The van der Waals surface area contributed by atoms with Crippen LogP contribution in [0.2, 0.25) is 0 Å². The lowest BCUT2D eigenvalue weighted by molar-refractivity contribution is -0.135. The van der Waals surface area contributed by atoms with Crippen molar-refractivity contribution in [1.29, 1.82) is 0 Å². The third-order valence-electron chi connectivity index (χ3n) is 4.00. The number of aromatic nitrogens is 1. The topological polar surface area (TPSA) is 59.2 Å². The Kier molecular flexibility index (Phi) is 4.91. The predicted molar refractivity (Wildman–Crippen MR) is 75.5 cm³/mol. The van der Waals surface area contributed by atoms with Gasteiger partial charge in [0.25, 0.3) is 0 Å². The highest BCUT2D eigenvalue weighted by Gasteiger charge is 2.30. The van der Waals surface area contributed by atoms with Gasteiger partial charge in [-0.25, -0.2) is 0 Å². The van der Waals surface area contributed by atoms with E-state index in [4.69, 9.17) is 5.73 Å². The second-order valence-electron chi connectivity index (χ2n) is 5.42. The molecule has 4 heteroatoms. The van der Waals surface area contributed by atoms with Crippen molar-refractivity contribution in [1.82, 2.24) is 9.88 Å². The van der Waals surface area contributed by atoms with Crippen LogP contribution in [-0.4, -0.2) is 35.4 Å². The van der Waals surface area contributed by atoms with E-state index >= 15 is 0 Å². The lowest BCUT2D eigenvalue weighted by Gasteiger charge is -2.31. The molecule has 0 aliphatic heterocycles. The maximum absolute atomic E-state index is 12.4. The summed E-state index contributed by atoms with van der Waals surface area (Å²) in [5.74, 6) is 0.234. The number of carbonyl (C=O) groups is 1. The third-order valence-corrected chi connectivity index (χ3v) is 4.00. The zero-order valence-corrected chi connectivity index (χ0v) is 11.6. The molecule has 0 radical (unpaired) electrons. The average Bonchev–Trinajstić information content (AvgIpc) is 2.45. The molecule has 0 bridgehead atoms. The van der Waals surface area contributed by atoms with Crippen molar-refractivity contribution in [3.63, 3.8) is 0 Å². The molecule has 2 atom stereocenters. The Morgan fingerprint density at radius 1 is 1.37 bits per heavy atom. The molecule has 1 aromatic heterocycles. The maximum atomic E-state index is 12.4. The first-order valence-electron chi connectivity index (χ1n) is 7.08. The Bertz CT molecular complexity index is 407. The molecular formula is C15H23N3O. The van der Waals surface area contributed by atoms with E-state index in [1.807, 2.05) is 24.1 Å². The molecule has 1 aliphatic carbocycles. The summed E-state index contributed by atoms with van der Waals surface area (Å²) < 4.78 is 0. The highest BCUT2D eigenvalue weighted by atomic mass is 16.2. The molecule has 0 aromatic carbocycles. The van der Waals surface area contributed by atoms with Gasteiger partial charge in [0.2, 0.25) is 5.91 Å². The van der Waals surface area contributed by atoms with E-state index in [2.05, 4.69) is 4.98 Å². The minimum absolute atomic E-state index is 0.0243. The monoisotopic (exact) mass is 261 g/mol. The van der Waals surface area contributed by atoms with E-state index in [1.165, 1.54) is 5.56 Å². The summed E-state index contributed by atoms with van der Waals surface area (Å²) in [4.78, 5) is 18.2. The zero-order chi connectivity index (χ0) is 13.7. The van der Waals surface area contributed by atoms with E-state index in [1.54, 1.807) is 12.4 Å². The Labute approximate surface area is 115 Å². The second-order valence-corrected chi connectivity index (χ2v) is 5.42. The molecule has 0 saturated heterocycles. The summed E-state index contributed by atoms with van der Waals surface area (Å²) in [7, 11) is 1.88. The Morgan fingerprint density at radius 2 is 2.05 bits per heavy atom. The highest BCUT2D eigenvalue weighted by Crippen LogP contribution is 2.24. The van der Waals surface area contributed by atoms with Crippen molar-refractivity contribution in [2.24, 2.45) is 11.7 Å². The molecule has 1 amide bonds. The summed E-state index contributed by atoms with van der Waals surface area (Å²) in [5, 5.41) is 0. The molecule has 1 saturated carbocycles. The number of rotatable bonds is 4. The van der Waals surface area contributed by atoms with Gasteiger partial charge in [0.05, 0.1) is 5.92 Å². The van der Waals surface area contributed by atoms with Gasteiger partial charge in [0.1, 0.15) is 0 Å². The van der Waals surface area contributed by atoms with Gasteiger partial charge >= 0.3 is 0 Å². The minimum Gasteiger partial charge on any atom is -0.345 e. The van der Waals surface area contributed by atoms with Crippen LogP contribution in [0.15, 0.2) is 24.5 Å². The molecule has 19 heavy (non-hydrogen) atoms. The molecule has 1 aliphatic rings. The number of amides is 1. The number of hydrogen-bond acceptors (Lipinski definition) is 3. The second kappa shape index (κ2) is 6.66. The quantitative estimate of drug-likeness (QED) is 0.895. The standard InChI is InChI=1S/C15H23N3O/c1-18(11-8-12-6-9-17-10-7-12)15(19)13-4-2-3-5-14(13)16/h6-7,9-10,13-14H,2-5,8,11,16H2,1H3. The minimum atomic E-state index is 0.0243. The molecule has 1 heterocycles. The van der Waals surface area contributed by atoms with Crippen LogP contribution in [0.5, 0.6) is 0 Å². The van der Waals surface area contributed by atoms with Crippen molar-refractivity contribution >= 4 is 5.91 Å². The largest absolute Gasteiger partial charge is 0.345 e. The fraction of sp³-hybridized carbons (Fsp3) is 0.600. The van der Waals surface area contributed by atoms with Crippen LogP contribution in [0, 0.1) is 5.92 Å². The van der Waals surface area contributed by atoms with E-state index < -0.39 is 0 Å². The molecule has 2 unspecified atom stereocenters. The number of hydrogen-bond donors (Lipinski definition) is 1. The molecule has 2 rings (SSSR count). The fourth-order valence-corrected chi connectivity index (χ4v) is 2.71. The zero-order valence-electron chi connectivity index (χ0n) is 11.6. The van der Waals surface area contributed by atoms with Gasteiger partial charge in [-0.2, -0.15) is 0 Å². The van der Waals surface area contributed by atoms with Crippen LogP contribution in [-0.2, 0) is 11.2 Å². The first-order valence-corrected chi connectivity index (χ1v) is 7.08. The summed E-state index contributed by atoms with van der Waals surface area (Å²) in [5.41, 5.74) is 7.28. The number of nitrogens with two attached hydrogens (primary N) is 1. The van der Waals surface area contributed by atoms with Crippen molar-refractivity contribution < 1.29 is 4.79 Å². The van der Waals surface area contributed by atoms with Gasteiger partial charge in [-0.05, 0) is 37.0 Å². The summed E-state index contributed by atoms with van der Waals surface area (Å²) in [6.07, 6.45) is 8.65. The lowest BCUT2D eigenvalue weighted by atomic mass is 9.84. The number of nitrogens with zero attached hydrogens (tertiary/aromatic N) is 2. The first-order chi connectivity index (χ1) is 9.18. The summed E-state index contributed by atoms with van der Waals surface area (Å²) >= 11 is 0. The van der Waals surface area contributed by atoms with Gasteiger partial charge in [-0.1, -0.05) is 12.8 Å². The third kappa shape index (κ3) is 3.77. The number of pyridine rings is 1. The number of likely N-dealkylation sites (N-methyl/N-ethyl adjacent to an activating group) is 1. The van der Waals surface area contributed by atoms with Crippen molar-refractivity contribution in [3.05, 3.63) is 30.1 Å².